The number of fused-ring (bicyclic) bond motifs is 1. The fraction of sp³-hybridized carbons (Fsp3) is 0.333. The first kappa shape index (κ1) is 15.5. The van der Waals surface area contributed by atoms with E-state index < -0.39 is 9.84 Å². The Hall–Kier alpha value is -2.05. The Morgan fingerprint density at radius 2 is 1.79 bits per heavy atom. The van der Waals surface area contributed by atoms with Crippen molar-refractivity contribution in [1.82, 2.24) is 9.47 Å². The van der Waals surface area contributed by atoms with E-state index in [2.05, 4.69) is 17.3 Å². The Morgan fingerprint density at radius 3 is 2.50 bits per heavy atom. The molecule has 0 unspecified atom stereocenters. The lowest BCUT2D eigenvalue weighted by molar-refractivity contribution is 0.264. The van der Waals surface area contributed by atoms with E-state index in [0.29, 0.717) is 16.6 Å². The lowest BCUT2D eigenvalue weighted by Gasteiger charge is -2.30. The lowest BCUT2D eigenvalue weighted by atomic mass is 10.0. The maximum atomic E-state index is 12.7. The van der Waals surface area contributed by atoms with Crippen LogP contribution in [0.3, 0.4) is 0 Å². The van der Waals surface area contributed by atoms with Crippen LogP contribution in [-0.2, 0) is 9.84 Å². The molecule has 2 aliphatic heterocycles. The van der Waals surface area contributed by atoms with Gasteiger partial charge in [-0.3, -0.25) is 0 Å². The molecule has 1 fully saturated rings. The van der Waals surface area contributed by atoms with Crippen LogP contribution >= 0.6 is 0 Å². The molecular formula is C18H21N3O2S. The second-order valence-electron chi connectivity index (χ2n) is 6.54. The molecule has 6 heteroatoms. The van der Waals surface area contributed by atoms with E-state index in [1.807, 2.05) is 47.3 Å². The van der Waals surface area contributed by atoms with Crippen molar-refractivity contribution in [2.75, 3.05) is 25.5 Å². The summed E-state index contributed by atoms with van der Waals surface area (Å²) in [5, 5.41) is 4.85. The fourth-order valence-corrected chi connectivity index (χ4v) is 5.07. The van der Waals surface area contributed by atoms with Crippen molar-refractivity contribution in [2.24, 2.45) is 0 Å². The van der Waals surface area contributed by atoms with Gasteiger partial charge in [0.25, 0.3) is 0 Å². The van der Waals surface area contributed by atoms with Crippen molar-refractivity contribution < 1.29 is 8.42 Å². The first-order chi connectivity index (χ1) is 11.5. The summed E-state index contributed by atoms with van der Waals surface area (Å²) < 4.78 is 27.3. The molecular weight excluding hydrogens is 322 g/mol. The number of likely N-dealkylation sites (tertiary alicyclic amines) is 1. The van der Waals surface area contributed by atoms with Crippen LogP contribution in [0.4, 0.5) is 5.69 Å². The minimum Gasteiger partial charge on any atom is -0.381 e. The summed E-state index contributed by atoms with van der Waals surface area (Å²) in [5.41, 5.74) is 2.20. The van der Waals surface area contributed by atoms with E-state index in [1.54, 1.807) is 0 Å². The Morgan fingerprint density at radius 1 is 1.08 bits per heavy atom. The van der Waals surface area contributed by atoms with Gasteiger partial charge in [-0.15, -0.1) is 0 Å². The maximum Gasteiger partial charge on any atom is 0.204 e. The van der Waals surface area contributed by atoms with Crippen LogP contribution < -0.4 is 5.32 Å². The molecule has 1 aromatic carbocycles. The summed E-state index contributed by atoms with van der Waals surface area (Å²) in [7, 11) is -1.31. The monoisotopic (exact) mass is 343 g/mol. The Balaban J connectivity index is 1.71. The standard InChI is InChI=1S/C18H21N3O2S/c1-20-11-7-14(8-12-20)19-16-6-4-5-15-17(21-9-2-3-10-21)13-24(22,23)18(15)16/h2-6,9-10,13-14,19H,7-8,11-12H2,1H3. The maximum absolute atomic E-state index is 12.7. The van der Waals surface area contributed by atoms with Gasteiger partial charge in [0.05, 0.1) is 16.8 Å². The van der Waals surface area contributed by atoms with Crippen LogP contribution in [0, 0.1) is 0 Å². The molecule has 0 amide bonds. The zero-order chi connectivity index (χ0) is 16.7. The molecule has 3 heterocycles. The molecule has 5 nitrogen and oxygen atoms in total. The zero-order valence-electron chi connectivity index (χ0n) is 13.6. The number of hydrogen-bond acceptors (Lipinski definition) is 4. The quantitative estimate of drug-likeness (QED) is 0.931. The summed E-state index contributed by atoms with van der Waals surface area (Å²) in [4.78, 5) is 2.71. The Labute approximate surface area is 142 Å². The van der Waals surface area contributed by atoms with Crippen molar-refractivity contribution >= 4 is 21.2 Å². The second-order valence-corrected chi connectivity index (χ2v) is 8.28. The van der Waals surface area contributed by atoms with Gasteiger partial charge in [0.1, 0.15) is 4.90 Å². The third-order valence-electron chi connectivity index (χ3n) is 4.80. The number of aromatic nitrogens is 1. The van der Waals surface area contributed by atoms with Crippen molar-refractivity contribution in [2.45, 2.75) is 23.8 Å². The summed E-state index contributed by atoms with van der Waals surface area (Å²) in [5.74, 6) is 0. The highest BCUT2D eigenvalue weighted by Gasteiger charge is 2.31. The van der Waals surface area contributed by atoms with E-state index in [0.717, 1.165) is 37.2 Å². The van der Waals surface area contributed by atoms with Gasteiger partial charge < -0.3 is 14.8 Å². The predicted molar refractivity (Wildman–Crippen MR) is 95.6 cm³/mol. The average molecular weight is 343 g/mol. The van der Waals surface area contributed by atoms with Gasteiger partial charge in [0.15, 0.2) is 0 Å². The summed E-state index contributed by atoms with van der Waals surface area (Å²) >= 11 is 0. The van der Waals surface area contributed by atoms with Crippen molar-refractivity contribution in [3.8, 4) is 0 Å². The number of rotatable bonds is 3. The molecule has 24 heavy (non-hydrogen) atoms. The van der Waals surface area contributed by atoms with E-state index in [4.69, 9.17) is 0 Å². The summed E-state index contributed by atoms with van der Waals surface area (Å²) in [6.07, 6.45) is 5.79. The molecule has 0 spiro atoms. The van der Waals surface area contributed by atoms with Gasteiger partial charge >= 0.3 is 0 Å². The number of benzene rings is 1. The van der Waals surface area contributed by atoms with Gasteiger partial charge in [-0.05, 0) is 51.2 Å². The minimum absolute atomic E-state index is 0.318. The van der Waals surface area contributed by atoms with E-state index in [9.17, 15) is 8.42 Å². The van der Waals surface area contributed by atoms with Crippen LogP contribution in [0.1, 0.15) is 18.4 Å². The van der Waals surface area contributed by atoms with E-state index in [1.165, 1.54) is 5.41 Å². The Bertz CT molecular complexity index is 877. The highest BCUT2D eigenvalue weighted by Crippen LogP contribution is 2.39. The largest absolute Gasteiger partial charge is 0.381 e. The molecule has 0 bridgehead atoms. The van der Waals surface area contributed by atoms with Gasteiger partial charge in [-0.1, -0.05) is 12.1 Å². The van der Waals surface area contributed by atoms with Gasteiger partial charge in [-0.2, -0.15) is 0 Å². The zero-order valence-corrected chi connectivity index (χ0v) is 14.5. The van der Waals surface area contributed by atoms with E-state index >= 15 is 0 Å². The first-order valence-corrected chi connectivity index (χ1v) is 9.78. The van der Waals surface area contributed by atoms with Crippen LogP contribution in [0.5, 0.6) is 0 Å². The van der Waals surface area contributed by atoms with Crippen molar-refractivity contribution in [3.63, 3.8) is 0 Å². The molecule has 0 saturated carbocycles. The van der Waals surface area contributed by atoms with Crippen LogP contribution in [0.25, 0.3) is 5.70 Å². The van der Waals surface area contributed by atoms with Gasteiger partial charge in [-0.25, -0.2) is 8.42 Å². The SMILES string of the molecule is CN1CCC(Nc2cccc3c2S(=O)(=O)C=C3n2cccc2)CC1. The van der Waals surface area contributed by atoms with Crippen LogP contribution in [0.2, 0.25) is 0 Å². The minimum atomic E-state index is -3.43. The number of anilines is 1. The normalized spacial score (nSPS) is 20.6. The molecule has 2 aromatic rings. The average Bonchev–Trinajstić information content (AvgIpc) is 3.17. The molecule has 0 atom stereocenters. The summed E-state index contributed by atoms with van der Waals surface area (Å²) in [6, 6.07) is 9.79. The van der Waals surface area contributed by atoms with E-state index in [-0.39, 0.29) is 0 Å². The number of sulfone groups is 1. The third-order valence-corrected chi connectivity index (χ3v) is 6.35. The number of piperidine rings is 1. The molecule has 126 valence electrons. The predicted octanol–water partition coefficient (Wildman–Crippen LogP) is 2.63. The third kappa shape index (κ3) is 2.65. The second kappa shape index (κ2) is 5.79. The molecule has 0 aliphatic carbocycles. The number of nitrogens with one attached hydrogen (secondary N) is 1. The lowest BCUT2D eigenvalue weighted by Crippen LogP contribution is -2.36. The topological polar surface area (TPSA) is 54.3 Å². The summed E-state index contributed by atoms with van der Waals surface area (Å²) in [6.45, 7) is 2.07. The number of nitrogens with zero attached hydrogens (tertiary/aromatic N) is 2. The Kier molecular flexibility index (Phi) is 3.73. The molecule has 1 aromatic heterocycles. The molecule has 1 N–H and O–H groups in total. The van der Waals surface area contributed by atoms with Crippen molar-refractivity contribution in [1.29, 1.82) is 0 Å². The highest BCUT2D eigenvalue weighted by atomic mass is 32.2. The fourth-order valence-electron chi connectivity index (χ4n) is 3.50. The van der Waals surface area contributed by atoms with Crippen LogP contribution in [-0.4, -0.2) is 44.1 Å². The van der Waals surface area contributed by atoms with Gasteiger partial charge in [0, 0.05) is 24.0 Å². The molecule has 4 rings (SSSR count). The first-order valence-electron chi connectivity index (χ1n) is 8.23. The molecule has 0 radical (unpaired) electrons. The van der Waals surface area contributed by atoms with Gasteiger partial charge in [0.2, 0.25) is 9.84 Å². The molecule has 2 aliphatic rings. The molecule has 1 saturated heterocycles. The number of hydrogen-bond donors (Lipinski definition) is 1. The highest BCUT2D eigenvalue weighted by molar-refractivity contribution is 7.95. The van der Waals surface area contributed by atoms with Crippen LogP contribution in [0.15, 0.2) is 53.0 Å². The smallest absolute Gasteiger partial charge is 0.204 e. The van der Waals surface area contributed by atoms with Crippen molar-refractivity contribution in [3.05, 3.63) is 53.7 Å².